The van der Waals surface area contributed by atoms with Crippen LogP contribution in [0.2, 0.25) is 0 Å². The molecule has 2 aromatic rings. The zero-order valence-electron chi connectivity index (χ0n) is 22.9. The van der Waals surface area contributed by atoms with Crippen LogP contribution in [0, 0.1) is 5.92 Å². The van der Waals surface area contributed by atoms with Crippen molar-refractivity contribution in [2.75, 3.05) is 20.3 Å². The van der Waals surface area contributed by atoms with Crippen molar-refractivity contribution in [1.82, 2.24) is 0 Å². The largest absolute Gasteiger partial charge is 0.496 e. The Bertz CT molecular complexity index is 979. The molecule has 1 aliphatic carbocycles. The van der Waals surface area contributed by atoms with E-state index in [0.717, 1.165) is 69.5 Å². The number of aliphatic hydroxyl groups excluding tert-OH is 1. The van der Waals surface area contributed by atoms with Crippen LogP contribution < -0.4 is 9.47 Å². The molecular weight excluding hydrogens is 444 g/mol. The van der Waals surface area contributed by atoms with E-state index >= 15 is 0 Å². The Hall–Kier alpha value is -2.52. The van der Waals surface area contributed by atoms with Gasteiger partial charge in [-0.2, -0.15) is 0 Å². The lowest BCUT2D eigenvalue weighted by atomic mass is 9.85. The molecule has 2 aromatic carbocycles. The number of methoxy groups -OCH3 is 1. The number of unbranched alkanes of at least 4 members (excludes halogenated alkanes) is 3. The summed E-state index contributed by atoms with van der Waals surface area (Å²) in [5, 5.41) is 8.83. The zero-order valence-corrected chi connectivity index (χ0v) is 22.9. The molecule has 0 saturated heterocycles. The van der Waals surface area contributed by atoms with E-state index in [1.165, 1.54) is 28.7 Å². The summed E-state index contributed by atoms with van der Waals surface area (Å²) >= 11 is 0. The van der Waals surface area contributed by atoms with Crippen LogP contribution in [-0.2, 0) is 18.3 Å². The minimum absolute atomic E-state index is 0.145. The van der Waals surface area contributed by atoms with Gasteiger partial charge in [0.25, 0.3) is 0 Å². The third-order valence-corrected chi connectivity index (χ3v) is 7.14. The lowest BCUT2D eigenvalue weighted by molar-refractivity contribution is 0.273. The monoisotopic (exact) mass is 490 g/mol. The van der Waals surface area contributed by atoms with E-state index in [-0.39, 0.29) is 5.41 Å². The number of rotatable bonds is 14. The van der Waals surface area contributed by atoms with Crippen LogP contribution >= 0.6 is 0 Å². The molecule has 1 aliphatic rings. The average molecular weight is 491 g/mol. The van der Waals surface area contributed by atoms with E-state index in [1.54, 1.807) is 7.11 Å². The van der Waals surface area contributed by atoms with Crippen molar-refractivity contribution in [1.29, 1.82) is 0 Å². The maximum absolute atomic E-state index is 8.83. The average Bonchev–Trinajstić information content (AvgIpc) is 2.89. The quantitative estimate of drug-likeness (QED) is 0.273. The molecule has 196 valence electrons. The normalized spacial score (nSPS) is 15.6. The highest BCUT2D eigenvalue weighted by Gasteiger charge is 2.16. The lowest BCUT2D eigenvalue weighted by Crippen LogP contribution is -2.11. The Labute approximate surface area is 219 Å². The van der Waals surface area contributed by atoms with E-state index in [1.807, 2.05) is 0 Å². The summed E-state index contributed by atoms with van der Waals surface area (Å²) in [4.78, 5) is 0. The summed E-state index contributed by atoms with van der Waals surface area (Å²) < 4.78 is 11.5. The number of aryl methyl sites for hydroxylation is 2. The number of aliphatic hydroxyl groups is 1. The first kappa shape index (κ1) is 28.1. The Morgan fingerprint density at radius 3 is 2.36 bits per heavy atom. The molecule has 3 nitrogen and oxygen atoms in total. The van der Waals surface area contributed by atoms with Crippen LogP contribution in [0.15, 0.2) is 66.3 Å². The summed E-state index contributed by atoms with van der Waals surface area (Å²) in [6.07, 6.45) is 16.8. The summed E-state index contributed by atoms with van der Waals surface area (Å²) in [6, 6.07) is 15.2. The van der Waals surface area contributed by atoms with Crippen LogP contribution in [0.25, 0.3) is 0 Å². The molecule has 0 aromatic heterocycles. The molecule has 0 bridgehead atoms. The molecule has 0 heterocycles. The van der Waals surface area contributed by atoms with Gasteiger partial charge in [0.2, 0.25) is 0 Å². The van der Waals surface area contributed by atoms with E-state index in [4.69, 9.17) is 14.6 Å². The number of benzene rings is 2. The first-order valence-electron chi connectivity index (χ1n) is 13.8. The van der Waals surface area contributed by atoms with Crippen molar-refractivity contribution in [3.8, 4) is 11.5 Å². The molecular formula is C33H46O3. The van der Waals surface area contributed by atoms with Crippen molar-refractivity contribution < 1.29 is 14.6 Å². The molecule has 0 aliphatic heterocycles. The molecule has 1 N–H and O–H groups in total. The molecule has 3 rings (SSSR count). The molecule has 1 atom stereocenters. The van der Waals surface area contributed by atoms with Crippen molar-refractivity contribution >= 4 is 0 Å². The molecule has 0 fully saturated rings. The summed E-state index contributed by atoms with van der Waals surface area (Å²) in [6.45, 7) is 7.83. The van der Waals surface area contributed by atoms with Gasteiger partial charge in [0.1, 0.15) is 11.5 Å². The predicted octanol–water partition coefficient (Wildman–Crippen LogP) is 7.99. The Morgan fingerprint density at radius 1 is 0.917 bits per heavy atom. The second-order valence-electron chi connectivity index (χ2n) is 11.1. The van der Waals surface area contributed by atoms with Crippen molar-refractivity contribution in [3.63, 3.8) is 0 Å². The molecule has 0 amide bonds. The van der Waals surface area contributed by atoms with Gasteiger partial charge in [-0.05, 0) is 97.6 Å². The summed E-state index contributed by atoms with van der Waals surface area (Å²) in [5.74, 6) is 2.56. The van der Waals surface area contributed by atoms with Crippen LogP contribution in [-0.4, -0.2) is 25.4 Å². The van der Waals surface area contributed by atoms with Crippen LogP contribution in [0.1, 0.15) is 82.4 Å². The fourth-order valence-corrected chi connectivity index (χ4v) is 4.69. The molecule has 0 radical (unpaired) electrons. The summed E-state index contributed by atoms with van der Waals surface area (Å²) in [7, 11) is 1.77. The van der Waals surface area contributed by atoms with Gasteiger partial charge < -0.3 is 14.6 Å². The van der Waals surface area contributed by atoms with Gasteiger partial charge in [-0.1, -0.05) is 75.3 Å². The molecule has 1 unspecified atom stereocenters. The number of ether oxygens (including phenoxy) is 2. The maximum atomic E-state index is 8.83. The Kier molecular flexibility index (Phi) is 11.1. The van der Waals surface area contributed by atoms with E-state index in [9.17, 15) is 0 Å². The van der Waals surface area contributed by atoms with Crippen molar-refractivity contribution in [2.24, 2.45) is 5.92 Å². The molecule has 0 spiro atoms. The first-order valence-corrected chi connectivity index (χ1v) is 13.8. The van der Waals surface area contributed by atoms with Gasteiger partial charge >= 0.3 is 0 Å². The third kappa shape index (κ3) is 9.17. The summed E-state index contributed by atoms with van der Waals surface area (Å²) in [5.41, 5.74) is 5.62. The smallest absolute Gasteiger partial charge is 0.122 e. The van der Waals surface area contributed by atoms with Gasteiger partial charge in [0.15, 0.2) is 0 Å². The number of allylic oxidation sites excluding steroid dienone is 4. The second kappa shape index (κ2) is 14.3. The molecule has 36 heavy (non-hydrogen) atoms. The highest BCUT2D eigenvalue weighted by atomic mass is 16.5. The van der Waals surface area contributed by atoms with Crippen LogP contribution in [0.3, 0.4) is 0 Å². The maximum Gasteiger partial charge on any atom is 0.122 e. The molecule has 3 heteroatoms. The Morgan fingerprint density at radius 2 is 1.69 bits per heavy atom. The van der Waals surface area contributed by atoms with E-state index in [2.05, 4.69) is 81.5 Å². The van der Waals surface area contributed by atoms with Gasteiger partial charge in [-0.3, -0.25) is 0 Å². The standard InChI is InChI=1S/C33H46O3/c1-33(2,3)30-19-22-32(35-4)29(25-30)18-15-27-12-9-26(10-13-27)11-14-28-16-20-31(21-17-28)36-24-8-6-5-7-23-34/h9,12-13,16-17,19-22,25-26,34H,5-8,10-11,14-15,18,23-24H2,1-4H3. The first-order chi connectivity index (χ1) is 17.4. The van der Waals surface area contributed by atoms with Crippen LogP contribution in [0.5, 0.6) is 11.5 Å². The van der Waals surface area contributed by atoms with Gasteiger partial charge in [0.05, 0.1) is 13.7 Å². The highest BCUT2D eigenvalue weighted by molar-refractivity contribution is 5.40. The minimum Gasteiger partial charge on any atom is -0.496 e. The van der Waals surface area contributed by atoms with Gasteiger partial charge in [0, 0.05) is 6.61 Å². The topological polar surface area (TPSA) is 38.7 Å². The van der Waals surface area contributed by atoms with Crippen molar-refractivity contribution in [3.05, 3.63) is 83.0 Å². The zero-order chi connectivity index (χ0) is 25.8. The number of hydrogen-bond acceptors (Lipinski definition) is 3. The molecule has 0 saturated carbocycles. The third-order valence-electron chi connectivity index (χ3n) is 7.14. The second-order valence-corrected chi connectivity index (χ2v) is 11.1. The Balaban J connectivity index is 1.40. The predicted molar refractivity (Wildman–Crippen MR) is 151 cm³/mol. The number of hydrogen-bond donors (Lipinski definition) is 1. The van der Waals surface area contributed by atoms with E-state index in [0.29, 0.717) is 12.5 Å². The fourth-order valence-electron chi connectivity index (χ4n) is 4.69. The van der Waals surface area contributed by atoms with Crippen molar-refractivity contribution in [2.45, 2.75) is 84.0 Å². The minimum atomic E-state index is 0.145. The SMILES string of the molecule is COc1ccc(C(C)(C)C)cc1CCC1=CCC(CCc2ccc(OCCCCCCO)cc2)C=C1. The highest BCUT2D eigenvalue weighted by Crippen LogP contribution is 2.30. The van der Waals surface area contributed by atoms with Gasteiger partial charge in [-0.25, -0.2) is 0 Å². The van der Waals surface area contributed by atoms with E-state index < -0.39 is 0 Å². The van der Waals surface area contributed by atoms with Gasteiger partial charge in [-0.15, -0.1) is 0 Å². The lowest BCUT2D eigenvalue weighted by Gasteiger charge is -2.21. The van der Waals surface area contributed by atoms with Crippen LogP contribution in [0.4, 0.5) is 0 Å². The fraction of sp³-hybridized carbons (Fsp3) is 0.515.